The van der Waals surface area contributed by atoms with Gasteiger partial charge < -0.3 is 25.7 Å². The van der Waals surface area contributed by atoms with Crippen molar-refractivity contribution >= 4 is 29.2 Å². The monoisotopic (exact) mass is 440 g/mol. The predicted molar refractivity (Wildman–Crippen MR) is 121 cm³/mol. The van der Waals surface area contributed by atoms with Gasteiger partial charge >= 0.3 is 0 Å². The van der Waals surface area contributed by atoms with Crippen LogP contribution in [0.15, 0.2) is 47.2 Å². The van der Waals surface area contributed by atoms with Gasteiger partial charge in [-0.15, -0.1) is 0 Å². The summed E-state index contributed by atoms with van der Waals surface area (Å²) >= 11 is 6.26. The van der Waals surface area contributed by atoms with Crippen LogP contribution in [0.1, 0.15) is 29.0 Å². The van der Waals surface area contributed by atoms with Crippen LogP contribution in [0.25, 0.3) is 11.1 Å². The number of nitrogens with one attached hydrogen (secondary N) is 2. The zero-order valence-corrected chi connectivity index (χ0v) is 18.0. The number of amides is 1. The lowest BCUT2D eigenvalue weighted by Gasteiger charge is -2.29. The van der Waals surface area contributed by atoms with E-state index in [1.807, 2.05) is 24.4 Å². The zero-order chi connectivity index (χ0) is 21.8. The summed E-state index contributed by atoms with van der Waals surface area (Å²) in [5.74, 6) is -0.451. The molecule has 1 aromatic carbocycles. The number of rotatable bonds is 6. The number of anilines is 2. The van der Waals surface area contributed by atoms with Crippen molar-refractivity contribution in [2.75, 3.05) is 31.2 Å². The zero-order valence-electron chi connectivity index (χ0n) is 17.3. The molecular formula is C22H25ClN6O2. The lowest BCUT2D eigenvalue weighted by Crippen LogP contribution is -2.40. The van der Waals surface area contributed by atoms with Crippen LogP contribution in [0, 0.1) is 0 Å². The van der Waals surface area contributed by atoms with Gasteiger partial charge in [0.2, 0.25) is 0 Å². The molecular weight excluding hydrogens is 416 g/mol. The molecule has 4 rings (SSSR count). The number of carbonyl (C=O) groups excluding carboxylic acids is 1. The van der Waals surface area contributed by atoms with E-state index in [1.54, 1.807) is 12.1 Å². The summed E-state index contributed by atoms with van der Waals surface area (Å²) in [6.45, 7) is 3.00. The minimum absolute atomic E-state index is 0.0681. The SMILES string of the molecule is CN1CCC(NCc2ccc(-c3ccc(Cl)c(NC(=O)c4coc(N)n4)c3)cn2)CC1. The molecule has 162 valence electrons. The van der Waals surface area contributed by atoms with Crippen LogP contribution in [-0.4, -0.2) is 47.0 Å². The topological polar surface area (TPSA) is 109 Å². The van der Waals surface area contributed by atoms with E-state index < -0.39 is 5.91 Å². The summed E-state index contributed by atoms with van der Waals surface area (Å²) < 4.78 is 4.88. The number of carbonyl (C=O) groups is 1. The summed E-state index contributed by atoms with van der Waals surface area (Å²) in [7, 11) is 2.16. The van der Waals surface area contributed by atoms with Crippen LogP contribution in [0.5, 0.6) is 0 Å². The highest BCUT2D eigenvalue weighted by Crippen LogP contribution is 2.29. The summed E-state index contributed by atoms with van der Waals surface area (Å²) in [5.41, 5.74) is 8.80. The van der Waals surface area contributed by atoms with Crippen molar-refractivity contribution in [2.45, 2.75) is 25.4 Å². The van der Waals surface area contributed by atoms with E-state index in [0.717, 1.165) is 49.3 Å². The molecule has 0 saturated carbocycles. The van der Waals surface area contributed by atoms with Crippen LogP contribution >= 0.6 is 11.6 Å². The molecule has 1 amide bonds. The van der Waals surface area contributed by atoms with Gasteiger partial charge in [-0.05, 0) is 56.7 Å². The Morgan fingerprint density at radius 3 is 2.71 bits per heavy atom. The normalized spacial score (nSPS) is 15.2. The smallest absolute Gasteiger partial charge is 0.292 e. The fourth-order valence-corrected chi connectivity index (χ4v) is 3.71. The molecule has 0 aliphatic carbocycles. The Morgan fingerprint density at radius 2 is 2.03 bits per heavy atom. The van der Waals surface area contributed by atoms with Gasteiger partial charge in [0, 0.05) is 24.3 Å². The predicted octanol–water partition coefficient (Wildman–Crippen LogP) is 3.41. The first kappa shape index (κ1) is 21.3. The molecule has 3 aromatic rings. The second-order valence-electron chi connectivity index (χ2n) is 7.72. The van der Waals surface area contributed by atoms with Crippen molar-refractivity contribution in [3.8, 4) is 11.1 Å². The van der Waals surface area contributed by atoms with Gasteiger partial charge in [0.25, 0.3) is 11.9 Å². The standard InChI is InChI=1S/C22H25ClN6O2/c1-29-8-6-16(7-9-29)26-12-17-4-2-15(11-25-17)14-3-5-18(23)19(10-14)27-21(30)20-13-31-22(24)28-20/h2-5,10-11,13,16,26H,6-9,12H2,1H3,(H2,24,28)(H,27,30). The van der Waals surface area contributed by atoms with Crippen LogP contribution in [0.3, 0.4) is 0 Å². The maximum atomic E-state index is 12.3. The van der Waals surface area contributed by atoms with Crippen LogP contribution < -0.4 is 16.4 Å². The van der Waals surface area contributed by atoms with Gasteiger partial charge in [0.1, 0.15) is 6.26 Å². The molecule has 2 aromatic heterocycles. The number of piperidine rings is 1. The molecule has 1 fully saturated rings. The minimum Gasteiger partial charge on any atom is -0.431 e. The Balaban J connectivity index is 1.41. The molecule has 0 unspecified atom stereocenters. The lowest BCUT2D eigenvalue weighted by molar-refractivity contribution is 0.102. The number of benzene rings is 1. The van der Waals surface area contributed by atoms with E-state index in [-0.39, 0.29) is 11.7 Å². The van der Waals surface area contributed by atoms with Gasteiger partial charge in [-0.2, -0.15) is 4.98 Å². The summed E-state index contributed by atoms with van der Waals surface area (Å²) in [4.78, 5) is 23.1. The number of nitrogen functional groups attached to an aromatic ring is 1. The van der Waals surface area contributed by atoms with Gasteiger partial charge in [0.15, 0.2) is 5.69 Å². The fraction of sp³-hybridized carbons (Fsp3) is 0.318. The molecule has 3 heterocycles. The molecule has 1 aliphatic rings. The number of hydrogen-bond acceptors (Lipinski definition) is 7. The Hall–Kier alpha value is -2.94. The Morgan fingerprint density at radius 1 is 1.26 bits per heavy atom. The van der Waals surface area contributed by atoms with Gasteiger partial charge in [-0.25, -0.2) is 0 Å². The van der Waals surface area contributed by atoms with Crippen molar-refractivity contribution < 1.29 is 9.21 Å². The van der Waals surface area contributed by atoms with Crippen molar-refractivity contribution in [1.82, 2.24) is 20.2 Å². The molecule has 4 N–H and O–H groups in total. The van der Waals surface area contributed by atoms with Crippen molar-refractivity contribution in [3.63, 3.8) is 0 Å². The highest BCUT2D eigenvalue weighted by molar-refractivity contribution is 6.34. The number of halogens is 1. The van der Waals surface area contributed by atoms with Crippen LogP contribution in [0.4, 0.5) is 11.7 Å². The molecule has 8 nitrogen and oxygen atoms in total. The average molecular weight is 441 g/mol. The summed E-state index contributed by atoms with van der Waals surface area (Å²) in [6.07, 6.45) is 5.35. The fourth-order valence-electron chi connectivity index (χ4n) is 3.54. The molecule has 0 atom stereocenters. The van der Waals surface area contributed by atoms with E-state index in [4.69, 9.17) is 21.8 Å². The molecule has 0 bridgehead atoms. The van der Waals surface area contributed by atoms with E-state index in [0.29, 0.717) is 16.8 Å². The number of nitrogens with zero attached hydrogens (tertiary/aromatic N) is 3. The van der Waals surface area contributed by atoms with E-state index in [9.17, 15) is 4.79 Å². The number of pyridine rings is 1. The number of oxazole rings is 1. The first-order valence-electron chi connectivity index (χ1n) is 10.2. The van der Waals surface area contributed by atoms with Crippen LogP contribution in [-0.2, 0) is 6.54 Å². The van der Waals surface area contributed by atoms with E-state index in [2.05, 4.69) is 32.5 Å². The van der Waals surface area contributed by atoms with Gasteiger partial charge in [0.05, 0.1) is 16.4 Å². The molecule has 1 saturated heterocycles. The summed E-state index contributed by atoms with van der Waals surface area (Å²) in [5, 5.41) is 6.75. The average Bonchev–Trinajstić information content (AvgIpc) is 3.22. The minimum atomic E-state index is -0.451. The first-order chi connectivity index (χ1) is 15.0. The largest absolute Gasteiger partial charge is 0.431 e. The number of aromatic nitrogens is 2. The quantitative estimate of drug-likeness (QED) is 0.538. The Kier molecular flexibility index (Phi) is 6.50. The molecule has 1 aliphatic heterocycles. The second kappa shape index (κ2) is 9.47. The highest BCUT2D eigenvalue weighted by Gasteiger charge is 2.16. The maximum absolute atomic E-state index is 12.3. The third-order valence-corrected chi connectivity index (χ3v) is 5.75. The maximum Gasteiger partial charge on any atom is 0.292 e. The Bertz CT molecular complexity index is 1040. The highest BCUT2D eigenvalue weighted by atomic mass is 35.5. The first-order valence-corrected chi connectivity index (χ1v) is 10.5. The van der Waals surface area contributed by atoms with Crippen molar-refractivity contribution in [3.05, 3.63) is 59.2 Å². The van der Waals surface area contributed by atoms with Gasteiger partial charge in [-0.1, -0.05) is 23.7 Å². The van der Waals surface area contributed by atoms with Crippen molar-refractivity contribution in [2.24, 2.45) is 0 Å². The second-order valence-corrected chi connectivity index (χ2v) is 8.12. The number of likely N-dealkylation sites (tertiary alicyclic amines) is 1. The third-order valence-electron chi connectivity index (χ3n) is 5.42. The van der Waals surface area contributed by atoms with Gasteiger partial charge in [-0.3, -0.25) is 9.78 Å². The Labute approximate surface area is 185 Å². The number of hydrogen-bond donors (Lipinski definition) is 3. The molecule has 31 heavy (non-hydrogen) atoms. The molecule has 9 heteroatoms. The van der Waals surface area contributed by atoms with E-state index in [1.165, 1.54) is 6.26 Å². The van der Waals surface area contributed by atoms with Crippen LogP contribution in [0.2, 0.25) is 5.02 Å². The van der Waals surface area contributed by atoms with Crippen molar-refractivity contribution in [1.29, 1.82) is 0 Å². The molecule has 0 spiro atoms. The lowest BCUT2D eigenvalue weighted by atomic mass is 10.1. The number of nitrogens with two attached hydrogens (primary N) is 1. The molecule has 0 radical (unpaired) electrons. The van der Waals surface area contributed by atoms with E-state index >= 15 is 0 Å². The summed E-state index contributed by atoms with van der Waals surface area (Å²) in [6, 6.07) is 9.94. The third kappa shape index (κ3) is 5.41.